The Hall–Kier alpha value is -0.550. The van der Waals surface area contributed by atoms with Gasteiger partial charge in [0.25, 0.3) is 0 Å². The molecule has 0 saturated heterocycles. The molecule has 2 rings (SSSR count). The molecule has 0 saturated carbocycles. The molecular weight excluding hydrogens is 281 g/mol. The van der Waals surface area contributed by atoms with Crippen molar-refractivity contribution < 1.29 is 9.18 Å². The van der Waals surface area contributed by atoms with Crippen LogP contribution in [0, 0.1) is 5.82 Å². The van der Waals surface area contributed by atoms with E-state index in [2.05, 4.69) is 21.2 Å². The molecule has 1 aliphatic rings. The first-order valence-electron chi connectivity index (χ1n) is 4.58. The van der Waals surface area contributed by atoms with Crippen molar-refractivity contribution in [2.75, 3.05) is 5.32 Å². The number of hydrogen-bond acceptors (Lipinski definition) is 2. The molecule has 1 N–H and O–H groups in total. The van der Waals surface area contributed by atoms with Crippen molar-refractivity contribution in [1.29, 1.82) is 0 Å². The molecule has 15 heavy (non-hydrogen) atoms. The lowest BCUT2D eigenvalue weighted by atomic mass is 10.2. The molecular formula is C10H9BrFNOS. The highest BCUT2D eigenvalue weighted by Gasteiger charge is 2.26. The first-order valence-corrected chi connectivity index (χ1v) is 6.25. The van der Waals surface area contributed by atoms with Gasteiger partial charge >= 0.3 is 0 Å². The lowest BCUT2D eigenvalue weighted by Crippen LogP contribution is -2.28. The number of benzene rings is 1. The van der Waals surface area contributed by atoms with Gasteiger partial charge in [0, 0.05) is 4.90 Å². The van der Waals surface area contributed by atoms with Crippen LogP contribution in [-0.2, 0) is 4.79 Å². The SMILES string of the molecule is CCC1Sc2cc(F)c(Br)cc2NC1=O. The van der Waals surface area contributed by atoms with Crippen LogP contribution in [0.2, 0.25) is 0 Å². The number of nitrogens with one attached hydrogen (secondary N) is 1. The molecule has 0 spiro atoms. The van der Waals surface area contributed by atoms with Crippen molar-refractivity contribution in [3.05, 3.63) is 22.4 Å². The molecule has 1 amide bonds. The summed E-state index contributed by atoms with van der Waals surface area (Å²) in [4.78, 5) is 12.3. The fraction of sp³-hybridized carbons (Fsp3) is 0.300. The van der Waals surface area contributed by atoms with E-state index in [-0.39, 0.29) is 17.0 Å². The molecule has 1 aromatic carbocycles. The molecule has 0 bridgehead atoms. The Bertz CT molecular complexity index is 424. The minimum absolute atomic E-state index is 0.00601. The van der Waals surface area contributed by atoms with Crippen LogP contribution in [0.5, 0.6) is 0 Å². The first-order chi connectivity index (χ1) is 7.11. The summed E-state index contributed by atoms with van der Waals surface area (Å²) in [6.07, 6.45) is 0.744. The Morgan fingerprint density at radius 1 is 1.60 bits per heavy atom. The highest BCUT2D eigenvalue weighted by atomic mass is 79.9. The van der Waals surface area contributed by atoms with Gasteiger partial charge in [-0.25, -0.2) is 4.39 Å². The number of fused-ring (bicyclic) bond motifs is 1. The Balaban J connectivity index is 2.41. The molecule has 5 heteroatoms. The zero-order chi connectivity index (χ0) is 11.0. The summed E-state index contributed by atoms with van der Waals surface area (Å²) in [5.41, 5.74) is 0.683. The predicted octanol–water partition coefficient (Wildman–Crippen LogP) is 3.41. The number of rotatable bonds is 1. The van der Waals surface area contributed by atoms with Crippen molar-refractivity contribution in [2.24, 2.45) is 0 Å². The normalized spacial score (nSPS) is 19.7. The molecule has 1 atom stereocenters. The van der Waals surface area contributed by atoms with Gasteiger partial charge in [0.1, 0.15) is 5.82 Å². The first kappa shape index (κ1) is 11.0. The fourth-order valence-corrected chi connectivity index (χ4v) is 2.80. The number of hydrogen-bond donors (Lipinski definition) is 1. The van der Waals surface area contributed by atoms with Gasteiger partial charge < -0.3 is 5.32 Å². The third-order valence-electron chi connectivity index (χ3n) is 2.21. The van der Waals surface area contributed by atoms with Crippen LogP contribution < -0.4 is 5.32 Å². The third-order valence-corrected chi connectivity index (χ3v) is 4.24. The second-order valence-electron chi connectivity index (χ2n) is 3.27. The highest BCUT2D eigenvalue weighted by Crippen LogP contribution is 2.39. The van der Waals surface area contributed by atoms with E-state index in [1.54, 1.807) is 6.07 Å². The maximum atomic E-state index is 13.3. The Morgan fingerprint density at radius 3 is 3.00 bits per heavy atom. The van der Waals surface area contributed by atoms with E-state index < -0.39 is 0 Å². The van der Waals surface area contributed by atoms with Gasteiger partial charge in [-0.2, -0.15) is 0 Å². The average Bonchev–Trinajstić information content (AvgIpc) is 2.20. The standard InChI is InChI=1S/C10H9BrFNOS/c1-2-8-10(14)13-7-3-5(11)6(12)4-9(7)15-8/h3-4,8H,2H2,1H3,(H,13,14). The zero-order valence-electron chi connectivity index (χ0n) is 8.01. The second-order valence-corrected chi connectivity index (χ2v) is 5.37. The van der Waals surface area contributed by atoms with E-state index in [4.69, 9.17) is 0 Å². The van der Waals surface area contributed by atoms with Crippen LogP contribution in [0.4, 0.5) is 10.1 Å². The van der Waals surface area contributed by atoms with Gasteiger partial charge in [-0.1, -0.05) is 6.92 Å². The van der Waals surface area contributed by atoms with Gasteiger partial charge in [-0.05, 0) is 34.5 Å². The van der Waals surface area contributed by atoms with Crippen molar-refractivity contribution in [2.45, 2.75) is 23.5 Å². The van der Waals surface area contributed by atoms with E-state index in [1.807, 2.05) is 6.92 Å². The van der Waals surface area contributed by atoms with Gasteiger partial charge in [0.15, 0.2) is 0 Å². The minimum atomic E-state index is -0.299. The van der Waals surface area contributed by atoms with Crippen LogP contribution in [0.15, 0.2) is 21.5 Å². The minimum Gasteiger partial charge on any atom is -0.324 e. The molecule has 80 valence electrons. The van der Waals surface area contributed by atoms with Crippen molar-refractivity contribution >= 4 is 39.3 Å². The molecule has 1 aromatic rings. The lowest BCUT2D eigenvalue weighted by Gasteiger charge is -2.23. The molecule has 1 heterocycles. The lowest BCUT2D eigenvalue weighted by molar-refractivity contribution is -0.115. The zero-order valence-corrected chi connectivity index (χ0v) is 10.4. The number of halogens is 2. The molecule has 1 unspecified atom stereocenters. The Kier molecular flexibility index (Phi) is 3.02. The predicted molar refractivity (Wildman–Crippen MR) is 62.7 cm³/mol. The van der Waals surface area contributed by atoms with Crippen molar-refractivity contribution in [3.63, 3.8) is 0 Å². The van der Waals surface area contributed by atoms with Crippen LogP contribution >= 0.6 is 27.7 Å². The van der Waals surface area contributed by atoms with Gasteiger partial charge in [-0.15, -0.1) is 11.8 Å². The van der Waals surface area contributed by atoms with Crippen LogP contribution in [0.3, 0.4) is 0 Å². The van der Waals surface area contributed by atoms with Crippen molar-refractivity contribution in [1.82, 2.24) is 0 Å². The smallest absolute Gasteiger partial charge is 0.237 e. The molecule has 2 nitrogen and oxygen atoms in total. The van der Waals surface area contributed by atoms with E-state index in [9.17, 15) is 9.18 Å². The summed E-state index contributed by atoms with van der Waals surface area (Å²) in [5, 5.41) is 2.66. The van der Waals surface area contributed by atoms with Crippen molar-refractivity contribution in [3.8, 4) is 0 Å². The second kappa shape index (κ2) is 4.14. The number of carbonyl (C=O) groups excluding carboxylic acids is 1. The highest BCUT2D eigenvalue weighted by molar-refractivity contribution is 9.10. The summed E-state index contributed by atoms with van der Waals surface area (Å²) < 4.78 is 13.6. The molecule has 0 fully saturated rings. The molecule has 1 aliphatic heterocycles. The molecule has 0 aliphatic carbocycles. The number of thioether (sulfide) groups is 1. The van der Waals surface area contributed by atoms with E-state index >= 15 is 0 Å². The van der Waals surface area contributed by atoms with Gasteiger partial charge in [-0.3, -0.25) is 4.79 Å². The summed E-state index contributed by atoms with van der Waals surface area (Å²) in [6.45, 7) is 1.94. The molecule has 0 radical (unpaired) electrons. The van der Waals surface area contributed by atoms with Gasteiger partial charge in [0.05, 0.1) is 15.4 Å². The molecule has 0 aromatic heterocycles. The monoisotopic (exact) mass is 289 g/mol. The summed E-state index contributed by atoms with van der Waals surface area (Å²) in [7, 11) is 0. The quantitative estimate of drug-likeness (QED) is 0.858. The van der Waals surface area contributed by atoms with E-state index in [0.29, 0.717) is 10.2 Å². The van der Waals surface area contributed by atoms with Gasteiger partial charge in [0.2, 0.25) is 5.91 Å². The Morgan fingerprint density at radius 2 is 2.33 bits per heavy atom. The average molecular weight is 290 g/mol. The summed E-state index contributed by atoms with van der Waals surface area (Å²) in [5.74, 6) is -0.305. The maximum Gasteiger partial charge on any atom is 0.237 e. The number of carbonyl (C=O) groups is 1. The number of amides is 1. The third kappa shape index (κ3) is 2.03. The van der Waals surface area contributed by atoms with Crippen LogP contribution in [0.25, 0.3) is 0 Å². The summed E-state index contributed by atoms with van der Waals surface area (Å²) >= 11 is 4.51. The largest absolute Gasteiger partial charge is 0.324 e. The van der Waals surface area contributed by atoms with Crippen LogP contribution in [-0.4, -0.2) is 11.2 Å². The maximum absolute atomic E-state index is 13.3. The summed E-state index contributed by atoms with van der Waals surface area (Å²) in [6, 6.07) is 3.05. The van der Waals surface area contributed by atoms with Crippen LogP contribution in [0.1, 0.15) is 13.3 Å². The topological polar surface area (TPSA) is 29.1 Å². The fourth-order valence-electron chi connectivity index (χ4n) is 1.41. The van der Waals surface area contributed by atoms with E-state index in [0.717, 1.165) is 11.3 Å². The number of anilines is 1. The van der Waals surface area contributed by atoms with E-state index in [1.165, 1.54) is 17.8 Å². The Labute approximate surface area is 99.8 Å².